The quantitative estimate of drug-likeness (QED) is 0.298. The number of carbonyl (C=O) groups excluding carboxylic acids is 1. The van der Waals surface area contributed by atoms with Crippen molar-refractivity contribution in [3.63, 3.8) is 0 Å². The molecule has 0 radical (unpaired) electrons. The average Bonchev–Trinajstić information content (AvgIpc) is 3.38. The number of nitrogens with zero attached hydrogens (tertiary/aromatic N) is 5. The Morgan fingerprint density at radius 2 is 1.82 bits per heavy atom. The number of hydrogen-bond donors (Lipinski definition) is 2. The monoisotopic (exact) mass is 523 g/mol. The molecule has 0 spiro atoms. The van der Waals surface area contributed by atoms with E-state index in [0.29, 0.717) is 41.1 Å². The van der Waals surface area contributed by atoms with Crippen LogP contribution in [0.4, 0.5) is 17.3 Å². The predicted octanol–water partition coefficient (Wildman–Crippen LogP) is 5.51. The molecular formula is C30H33N7O2. The number of benzene rings is 2. The molecule has 0 bridgehead atoms. The maximum Gasteiger partial charge on any atom is 0.255 e. The summed E-state index contributed by atoms with van der Waals surface area (Å²) in [7, 11) is 0. The number of rotatable bonds is 9. The van der Waals surface area contributed by atoms with Crippen molar-refractivity contribution in [3.05, 3.63) is 89.9 Å². The van der Waals surface area contributed by atoms with Crippen LogP contribution >= 0.6 is 0 Å². The summed E-state index contributed by atoms with van der Waals surface area (Å²) in [6.07, 6.45) is 3.29. The highest BCUT2D eigenvalue weighted by Crippen LogP contribution is 2.40. The number of amides is 1. The van der Waals surface area contributed by atoms with Crippen molar-refractivity contribution >= 4 is 23.2 Å². The van der Waals surface area contributed by atoms with Gasteiger partial charge in [-0.1, -0.05) is 18.2 Å². The largest absolute Gasteiger partial charge is 0.494 e. The van der Waals surface area contributed by atoms with Gasteiger partial charge in [0.25, 0.3) is 5.91 Å². The molecule has 4 aromatic rings. The van der Waals surface area contributed by atoms with E-state index in [1.54, 1.807) is 29.2 Å². The normalized spacial score (nSPS) is 14.4. The molecule has 9 heteroatoms. The van der Waals surface area contributed by atoms with Crippen molar-refractivity contribution < 1.29 is 9.53 Å². The summed E-state index contributed by atoms with van der Waals surface area (Å²) in [5.41, 5.74) is 4.69. The minimum atomic E-state index is -0.558. The summed E-state index contributed by atoms with van der Waals surface area (Å²) >= 11 is 0. The topological polar surface area (TPSA) is 97.2 Å². The number of fused-ring (bicyclic) bond motifs is 1. The number of ether oxygens (including phenoxy) is 1. The lowest BCUT2D eigenvalue weighted by Gasteiger charge is -2.29. The van der Waals surface area contributed by atoms with E-state index in [0.717, 1.165) is 29.9 Å². The number of hydrogen-bond acceptors (Lipinski definition) is 7. The van der Waals surface area contributed by atoms with Gasteiger partial charge in [-0.2, -0.15) is 4.98 Å². The minimum absolute atomic E-state index is 0.254. The summed E-state index contributed by atoms with van der Waals surface area (Å²) in [5.74, 6) is 1.57. The third kappa shape index (κ3) is 5.20. The molecule has 3 heterocycles. The molecular weight excluding hydrogens is 490 g/mol. The molecule has 2 aromatic heterocycles. The van der Waals surface area contributed by atoms with E-state index in [-0.39, 0.29) is 5.91 Å². The Hall–Kier alpha value is -4.66. The van der Waals surface area contributed by atoms with E-state index in [9.17, 15) is 4.79 Å². The Labute approximate surface area is 228 Å². The van der Waals surface area contributed by atoms with Crippen molar-refractivity contribution in [2.24, 2.45) is 0 Å². The van der Waals surface area contributed by atoms with Gasteiger partial charge in [0, 0.05) is 41.8 Å². The standard InChI is InChI=1S/C30H33N7O2/c1-5-36(6-2)23-16-14-21(15-17-23)28-34-30-32-20(4)26(29(38)33-22-11-10-18-31-19-22)27(37(30)35-28)24-12-8-9-13-25(24)39-7-3/h8-19,27H,5-7H2,1-4H3,(H,33,38)(H,32,34,35). The van der Waals surface area contributed by atoms with Crippen LogP contribution in [0, 0.1) is 0 Å². The third-order valence-corrected chi connectivity index (χ3v) is 6.78. The Bertz CT molecular complexity index is 1470. The van der Waals surface area contributed by atoms with Gasteiger partial charge in [-0.3, -0.25) is 9.78 Å². The molecule has 0 saturated carbocycles. The lowest BCUT2D eigenvalue weighted by atomic mass is 9.94. The van der Waals surface area contributed by atoms with Gasteiger partial charge in [0.1, 0.15) is 11.8 Å². The van der Waals surface area contributed by atoms with Crippen molar-refractivity contribution in [1.82, 2.24) is 19.7 Å². The lowest BCUT2D eigenvalue weighted by Crippen LogP contribution is -2.31. The maximum atomic E-state index is 13.7. The van der Waals surface area contributed by atoms with E-state index in [1.807, 2.05) is 50.2 Å². The van der Waals surface area contributed by atoms with Gasteiger partial charge in [-0.15, -0.1) is 5.10 Å². The number of anilines is 3. The Kier molecular flexibility index (Phi) is 7.58. The Morgan fingerprint density at radius 1 is 1.05 bits per heavy atom. The summed E-state index contributed by atoms with van der Waals surface area (Å²) in [4.78, 5) is 25.0. The molecule has 2 N–H and O–H groups in total. The van der Waals surface area contributed by atoms with Crippen LogP contribution in [0.15, 0.2) is 84.3 Å². The predicted molar refractivity (Wildman–Crippen MR) is 154 cm³/mol. The molecule has 0 fully saturated rings. The van der Waals surface area contributed by atoms with Crippen molar-refractivity contribution in [1.29, 1.82) is 0 Å². The van der Waals surface area contributed by atoms with E-state index < -0.39 is 6.04 Å². The number of carbonyl (C=O) groups is 1. The van der Waals surface area contributed by atoms with Crippen LogP contribution in [-0.4, -0.2) is 45.4 Å². The van der Waals surface area contributed by atoms with E-state index in [1.165, 1.54) is 0 Å². The molecule has 1 amide bonds. The van der Waals surface area contributed by atoms with E-state index >= 15 is 0 Å². The first kappa shape index (κ1) is 26.0. The molecule has 0 aliphatic carbocycles. The number of aromatic nitrogens is 4. The van der Waals surface area contributed by atoms with Gasteiger partial charge in [0.15, 0.2) is 5.82 Å². The van der Waals surface area contributed by atoms with Crippen LogP contribution < -0.4 is 20.3 Å². The Morgan fingerprint density at radius 3 is 2.51 bits per heavy atom. The zero-order valence-electron chi connectivity index (χ0n) is 22.7. The molecule has 1 aliphatic rings. The van der Waals surface area contributed by atoms with Gasteiger partial charge >= 0.3 is 0 Å². The molecule has 1 aliphatic heterocycles. The van der Waals surface area contributed by atoms with E-state index in [2.05, 4.69) is 46.5 Å². The molecule has 5 rings (SSSR count). The second-order valence-electron chi connectivity index (χ2n) is 9.16. The maximum absolute atomic E-state index is 13.7. The fourth-order valence-corrected chi connectivity index (χ4v) is 4.89. The fraction of sp³-hybridized carbons (Fsp3) is 0.267. The van der Waals surface area contributed by atoms with Gasteiger partial charge in [0.2, 0.25) is 5.95 Å². The van der Waals surface area contributed by atoms with Crippen LogP contribution in [0.3, 0.4) is 0 Å². The Balaban J connectivity index is 1.58. The average molecular weight is 524 g/mol. The molecule has 0 saturated heterocycles. The first-order valence-electron chi connectivity index (χ1n) is 13.3. The third-order valence-electron chi connectivity index (χ3n) is 6.78. The SMILES string of the molecule is CCOc1ccccc1C1C(C(=O)Nc2cccnc2)=C(C)Nc2nc(-c3ccc(N(CC)CC)cc3)nn21. The number of nitrogens with one attached hydrogen (secondary N) is 2. The lowest BCUT2D eigenvalue weighted by molar-refractivity contribution is -0.113. The molecule has 39 heavy (non-hydrogen) atoms. The molecule has 2 aromatic carbocycles. The molecule has 9 nitrogen and oxygen atoms in total. The highest BCUT2D eigenvalue weighted by atomic mass is 16.5. The van der Waals surface area contributed by atoms with Gasteiger partial charge in [-0.05, 0) is 70.2 Å². The summed E-state index contributed by atoms with van der Waals surface area (Å²) < 4.78 is 7.76. The smallest absolute Gasteiger partial charge is 0.255 e. The van der Waals surface area contributed by atoms with Gasteiger partial charge < -0.3 is 20.3 Å². The highest BCUT2D eigenvalue weighted by molar-refractivity contribution is 6.06. The summed E-state index contributed by atoms with van der Waals surface area (Å²) in [5, 5.41) is 11.2. The number of para-hydroxylation sites is 1. The van der Waals surface area contributed by atoms with Crippen LogP contribution in [-0.2, 0) is 4.79 Å². The fourth-order valence-electron chi connectivity index (χ4n) is 4.89. The number of pyridine rings is 1. The van der Waals surface area contributed by atoms with Crippen LogP contribution in [0.1, 0.15) is 39.3 Å². The zero-order chi connectivity index (χ0) is 27.4. The number of allylic oxidation sites excluding steroid dienone is 1. The van der Waals surface area contributed by atoms with Crippen LogP contribution in [0.25, 0.3) is 11.4 Å². The first-order chi connectivity index (χ1) is 19.0. The summed E-state index contributed by atoms with van der Waals surface area (Å²) in [6, 6.07) is 19.0. The molecule has 200 valence electrons. The first-order valence-corrected chi connectivity index (χ1v) is 13.3. The molecule has 1 atom stereocenters. The summed E-state index contributed by atoms with van der Waals surface area (Å²) in [6.45, 7) is 10.5. The van der Waals surface area contributed by atoms with Crippen molar-refractivity contribution in [2.45, 2.75) is 33.7 Å². The second-order valence-corrected chi connectivity index (χ2v) is 9.16. The minimum Gasteiger partial charge on any atom is -0.494 e. The zero-order valence-corrected chi connectivity index (χ0v) is 22.7. The van der Waals surface area contributed by atoms with Crippen LogP contribution in [0.2, 0.25) is 0 Å². The highest BCUT2D eigenvalue weighted by Gasteiger charge is 2.36. The van der Waals surface area contributed by atoms with Gasteiger partial charge in [0.05, 0.1) is 24.1 Å². The second kappa shape index (κ2) is 11.4. The van der Waals surface area contributed by atoms with Crippen molar-refractivity contribution in [2.75, 3.05) is 35.2 Å². The van der Waals surface area contributed by atoms with Gasteiger partial charge in [-0.25, -0.2) is 4.68 Å². The van der Waals surface area contributed by atoms with Crippen LogP contribution in [0.5, 0.6) is 5.75 Å². The molecule has 1 unspecified atom stereocenters. The van der Waals surface area contributed by atoms with Crippen molar-refractivity contribution in [3.8, 4) is 17.1 Å². The van der Waals surface area contributed by atoms with E-state index in [4.69, 9.17) is 14.8 Å².